The number of hydrogen-bond donors (Lipinski definition) is 1. The molecule has 1 nitrogen and oxygen atoms in total. The number of nitrogen functional groups attached to an aromatic ring is 1. The third-order valence-electron chi connectivity index (χ3n) is 4.38. The summed E-state index contributed by atoms with van der Waals surface area (Å²) in [6, 6.07) is 1.05. The summed E-state index contributed by atoms with van der Waals surface area (Å²) < 4.78 is 225. The van der Waals surface area contributed by atoms with E-state index in [1.165, 1.54) is 0 Å². The van der Waals surface area contributed by atoms with Crippen molar-refractivity contribution in [3.8, 4) is 0 Å². The predicted octanol–water partition coefficient (Wildman–Crippen LogP) is 7.04. The molecule has 0 unspecified atom stereocenters. The molecule has 1 rings (SSSR count). The first-order chi connectivity index (χ1) is 14.2. The summed E-state index contributed by atoms with van der Waals surface area (Å²) >= 11 is 0. The third-order valence-corrected chi connectivity index (χ3v) is 4.38. The zero-order valence-corrected chi connectivity index (χ0v) is 15.2. The van der Waals surface area contributed by atoms with Crippen molar-refractivity contribution in [1.29, 1.82) is 0 Å². The summed E-state index contributed by atoms with van der Waals surface area (Å²) in [6.45, 7) is 0.799. The Morgan fingerprint density at radius 3 is 1.21 bits per heavy atom. The van der Waals surface area contributed by atoms with Crippen molar-refractivity contribution in [2.24, 2.45) is 0 Å². The molecule has 0 aliphatic heterocycles. The van der Waals surface area contributed by atoms with E-state index in [-0.39, 0.29) is 6.07 Å². The highest BCUT2D eigenvalue weighted by molar-refractivity contribution is 5.55. The Labute approximate surface area is 171 Å². The van der Waals surface area contributed by atoms with Crippen LogP contribution in [0.4, 0.5) is 80.3 Å². The minimum Gasteiger partial charge on any atom is -0.398 e. The molecule has 0 atom stereocenters. The van der Waals surface area contributed by atoms with E-state index >= 15 is 0 Å². The number of para-hydroxylation sites is 1. The Bertz CT molecular complexity index is 883. The van der Waals surface area contributed by atoms with Gasteiger partial charge in [0, 0.05) is 5.69 Å². The molecule has 0 radical (unpaired) electrons. The van der Waals surface area contributed by atoms with E-state index in [1.54, 1.807) is 0 Å². The fourth-order valence-corrected chi connectivity index (χ4v) is 2.29. The first kappa shape index (κ1) is 28.9. The zero-order chi connectivity index (χ0) is 26.9. The summed E-state index contributed by atoms with van der Waals surface area (Å²) in [5.41, 5.74) is 0.509. The second kappa shape index (κ2) is 7.41. The van der Waals surface area contributed by atoms with Gasteiger partial charge in [-0.3, -0.25) is 0 Å². The lowest BCUT2D eigenvalue weighted by atomic mass is 9.86. The van der Waals surface area contributed by atoms with Crippen molar-refractivity contribution >= 4 is 5.69 Å². The maximum Gasteiger partial charge on any atom is 0.460 e. The molecule has 0 saturated carbocycles. The molecule has 0 aromatic heterocycles. The van der Waals surface area contributed by atoms with Gasteiger partial charge in [0.15, 0.2) is 0 Å². The molecule has 0 amide bonds. The smallest absolute Gasteiger partial charge is 0.398 e. The first-order valence-electron chi connectivity index (χ1n) is 7.75. The molecule has 33 heavy (non-hydrogen) atoms. The van der Waals surface area contributed by atoms with Crippen molar-refractivity contribution in [2.75, 3.05) is 5.73 Å². The SMILES string of the molecule is Cc1cccc(C(F)(F)C(F)(F)C(F)(F)C(F)(F)C(F)(F)C(F)(F)C(F)(F)C(F)(F)F)c1N. The highest BCUT2D eigenvalue weighted by Crippen LogP contribution is 2.65. The average molecular weight is 525 g/mol. The number of halogens is 17. The van der Waals surface area contributed by atoms with E-state index in [0.29, 0.717) is 6.07 Å². The minimum absolute atomic E-state index is 0.172. The Kier molecular flexibility index (Phi) is 6.48. The van der Waals surface area contributed by atoms with Gasteiger partial charge in [0.2, 0.25) is 0 Å². The molecule has 0 fully saturated rings. The van der Waals surface area contributed by atoms with Crippen LogP contribution in [0.3, 0.4) is 0 Å². The standard InChI is InChI=1S/C15H8F17N/c1-5-3-2-4-6(7(5)33)8(16,17)9(18,19)10(20,21)11(22,23)12(24,25)13(26,27)14(28,29)15(30,31)32/h2-4H,33H2,1H3. The lowest BCUT2D eigenvalue weighted by Gasteiger charge is -2.43. The van der Waals surface area contributed by atoms with Crippen LogP contribution in [0.1, 0.15) is 11.1 Å². The van der Waals surface area contributed by atoms with Crippen LogP contribution < -0.4 is 5.73 Å². The van der Waals surface area contributed by atoms with Crippen LogP contribution >= 0.6 is 0 Å². The Hall–Kier alpha value is -2.17. The molecule has 192 valence electrons. The van der Waals surface area contributed by atoms with Gasteiger partial charge in [-0.05, 0) is 12.5 Å². The van der Waals surface area contributed by atoms with E-state index in [0.717, 1.165) is 13.0 Å². The molecule has 0 bridgehead atoms. The van der Waals surface area contributed by atoms with Gasteiger partial charge < -0.3 is 5.73 Å². The van der Waals surface area contributed by atoms with Crippen LogP contribution in [0.25, 0.3) is 0 Å². The fourth-order valence-electron chi connectivity index (χ4n) is 2.29. The van der Waals surface area contributed by atoms with E-state index in [4.69, 9.17) is 5.73 Å². The summed E-state index contributed by atoms with van der Waals surface area (Å²) in [5.74, 6) is -56.8. The first-order valence-corrected chi connectivity index (χ1v) is 7.75. The predicted molar refractivity (Wildman–Crippen MR) is 75.2 cm³/mol. The van der Waals surface area contributed by atoms with Crippen LogP contribution in [-0.4, -0.2) is 41.7 Å². The molecule has 1 aromatic carbocycles. The van der Waals surface area contributed by atoms with Crippen molar-refractivity contribution in [3.05, 3.63) is 29.3 Å². The highest BCUT2D eigenvalue weighted by Gasteiger charge is 2.95. The van der Waals surface area contributed by atoms with Crippen molar-refractivity contribution in [2.45, 2.75) is 54.6 Å². The summed E-state index contributed by atoms with van der Waals surface area (Å²) in [6.07, 6.45) is -7.78. The summed E-state index contributed by atoms with van der Waals surface area (Å²) in [5, 5.41) is 0. The maximum absolute atomic E-state index is 14.1. The van der Waals surface area contributed by atoms with Gasteiger partial charge in [0.25, 0.3) is 0 Å². The number of hydrogen-bond acceptors (Lipinski definition) is 1. The third kappa shape index (κ3) is 3.54. The average Bonchev–Trinajstić information content (AvgIpc) is 2.61. The fraction of sp³-hybridized carbons (Fsp3) is 0.600. The Morgan fingerprint density at radius 2 is 0.848 bits per heavy atom. The highest BCUT2D eigenvalue weighted by atomic mass is 19.4. The summed E-state index contributed by atoms with van der Waals surface area (Å²) in [7, 11) is 0. The number of aryl methyl sites for hydroxylation is 1. The minimum atomic E-state index is -8.65. The zero-order valence-electron chi connectivity index (χ0n) is 15.2. The lowest BCUT2D eigenvalue weighted by Crippen LogP contribution is -2.74. The van der Waals surface area contributed by atoms with Crippen molar-refractivity contribution < 1.29 is 74.6 Å². The van der Waals surface area contributed by atoms with Crippen LogP contribution in [0.15, 0.2) is 18.2 Å². The van der Waals surface area contributed by atoms with Gasteiger partial charge >= 0.3 is 47.6 Å². The van der Waals surface area contributed by atoms with Crippen LogP contribution in [0.2, 0.25) is 0 Å². The molecule has 2 N–H and O–H groups in total. The normalized spacial score (nSPS) is 15.7. The van der Waals surface area contributed by atoms with Crippen molar-refractivity contribution in [1.82, 2.24) is 0 Å². The molecular weight excluding hydrogens is 517 g/mol. The maximum atomic E-state index is 14.1. The Morgan fingerprint density at radius 1 is 0.515 bits per heavy atom. The molecule has 0 aliphatic rings. The van der Waals surface area contributed by atoms with Crippen LogP contribution in [0, 0.1) is 6.92 Å². The lowest BCUT2D eigenvalue weighted by molar-refractivity contribution is -0.462. The molecule has 0 heterocycles. The van der Waals surface area contributed by atoms with Crippen LogP contribution in [-0.2, 0) is 5.92 Å². The van der Waals surface area contributed by atoms with E-state index < -0.39 is 64.4 Å². The number of benzene rings is 1. The molecule has 1 aromatic rings. The van der Waals surface area contributed by atoms with Gasteiger partial charge in [-0.15, -0.1) is 0 Å². The Balaban J connectivity index is 3.78. The molecule has 0 aliphatic carbocycles. The number of nitrogens with two attached hydrogens (primary N) is 1. The van der Waals surface area contributed by atoms with Gasteiger partial charge in [0.05, 0.1) is 5.56 Å². The molecule has 0 spiro atoms. The van der Waals surface area contributed by atoms with E-state index in [9.17, 15) is 74.6 Å². The van der Waals surface area contributed by atoms with Crippen molar-refractivity contribution in [3.63, 3.8) is 0 Å². The second-order valence-electron chi connectivity index (χ2n) is 6.55. The molecular formula is C15H8F17N. The van der Waals surface area contributed by atoms with Gasteiger partial charge in [-0.1, -0.05) is 18.2 Å². The monoisotopic (exact) mass is 525 g/mol. The summed E-state index contributed by atoms with van der Waals surface area (Å²) in [4.78, 5) is 0. The number of anilines is 1. The second-order valence-corrected chi connectivity index (χ2v) is 6.55. The van der Waals surface area contributed by atoms with Gasteiger partial charge in [-0.25, -0.2) is 0 Å². The molecule has 18 heteroatoms. The quantitative estimate of drug-likeness (QED) is 0.300. The molecule has 0 saturated heterocycles. The van der Waals surface area contributed by atoms with Gasteiger partial charge in [-0.2, -0.15) is 74.6 Å². The van der Waals surface area contributed by atoms with Gasteiger partial charge in [0.1, 0.15) is 0 Å². The van der Waals surface area contributed by atoms with E-state index in [1.807, 2.05) is 0 Å². The van der Waals surface area contributed by atoms with Crippen LogP contribution in [0.5, 0.6) is 0 Å². The van der Waals surface area contributed by atoms with E-state index in [2.05, 4.69) is 0 Å². The topological polar surface area (TPSA) is 26.0 Å². The number of alkyl halides is 17. The number of rotatable bonds is 7. The largest absolute Gasteiger partial charge is 0.460 e.